The minimum Gasteiger partial charge on any atom is -0.495 e. The van der Waals surface area contributed by atoms with E-state index in [1.807, 2.05) is 12.1 Å². The highest BCUT2D eigenvalue weighted by molar-refractivity contribution is 9.11. The molecule has 0 saturated carbocycles. The molecule has 2 aliphatic heterocycles. The summed E-state index contributed by atoms with van der Waals surface area (Å²) in [7, 11) is 1.60. The van der Waals surface area contributed by atoms with Gasteiger partial charge in [-0.05, 0) is 47.0 Å². The molecule has 29 heavy (non-hydrogen) atoms. The van der Waals surface area contributed by atoms with Gasteiger partial charge in [0.15, 0.2) is 0 Å². The second-order valence-electron chi connectivity index (χ2n) is 6.64. The van der Waals surface area contributed by atoms with E-state index in [9.17, 15) is 9.59 Å². The summed E-state index contributed by atoms with van der Waals surface area (Å²) in [4.78, 5) is 27.7. The quantitative estimate of drug-likeness (QED) is 0.588. The number of amides is 2. The molecule has 0 radical (unpaired) electrons. The van der Waals surface area contributed by atoms with Crippen LogP contribution < -0.4 is 15.4 Å². The number of rotatable bonds is 3. The van der Waals surface area contributed by atoms with Gasteiger partial charge in [0.25, 0.3) is 5.91 Å². The van der Waals surface area contributed by atoms with E-state index in [0.717, 1.165) is 30.0 Å². The third-order valence-electron chi connectivity index (χ3n) is 4.91. The van der Waals surface area contributed by atoms with Gasteiger partial charge in [0.05, 0.1) is 30.3 Å². The highest BCUT2D eigenvalue weighted by Crippen LogP contribution is 2.43. The Bertz CT molecular complexity index is 994. The first-order valence-corrected chi connectivity index (χ1v) is 11.5. The summed E-state index contributed by atoms with van der Waals surface area (Å²) in [5.41, 5.74) is 2.50. The third-order valence-corrected chi connectivity index (χ3v) is 7.11. The summed E-state index contributed by atoms with van der Waals surface area (Å²) in [5, 5.41) is 7.28. The molecule has 0 spiro atoms. The van der Waals surface area contributed by atoms with E-state index in [1.54, 1.807) is 18.9 Å². The lowest BCUT2D eigenvalue weighted by Crippen LogP contribution is -2.39. The van der Waals surface area contributed by atoms with Crippen molar-refractivity contribution in [2.75, 3.05) is 25.6 Å². The fraction of sp³-hybridized carbons (Fsp3) is 0.368. The van der Waals surface area contributed by atoms with Crippen LogP contribution in [0.4, 0.5) is 9.80 Å². The van der Waals surface area contributed by atoms with Gasteiger partial charge in [-0.2, -0.15) is 0 Å². The maximum atomic E-state index is 13.0. The first kappa shape index (κ1) is 20.5. The van der Waals surface area contributed by atoms with Crippen LogP contribution in [-0.2, 0) is 17.7 Å². The predicted molar refractivity (Wildman–Crippen MR) is 118 cm³/mol. The van der Waals surface area contributed by atoms with E-state index < -0.39 is 6.17 Å². The summed E-state index contributed by atoms with van der Waals surface area (Å²) >= 11 is 8.52. The second-order valence-corrected chi connectivity index (χ2v) is 9.51. The van der Waals surface area contributed by atoms with Crippen molar-refractivity contribution in [2.45, 2.75) is 26.1 Å². The van der Waals surface area contributed by atoms with Crippen molar-refractivity contribution < 1.29 is 19.1 Å². The lowest BCUT2D eigenvalue weighted by atomic mass is 10.0. The number of benzene rings is 1. The van der Waals surface area contributed by atoms with Gasteiger partial charge in [0.1, 0.15) is 16.9 Å². The van der Waals surface area contributed by atoms with Gasteiger partial charge in [-0.15, -0.1) is 11.3 Å². The average Bonchev–Trinajstić information content (AvgIpc) is 3.05. The van der Waals surface area contributed by atoms with E-state index >= 15 is 0 Å². The Morgan fingerprint density at radius 2 is 2.14 bits per heavy atom. The molecule has 4 rings (SSSR count). The van der Waals surface area contributed by atoms with E-state index in [1.165, 1.54) is 11.3 Å². The molecule has 2 aliphatic rings. The molecule has 2 aromatic rings. The molecule has 1 aromatic carbocycles. The Labute approximate surface area is 189 Å². The van der Waals surface area contributed by atoms with E-state index in [-0.39, 0.29) is 12.0 Å². The lowest BCUT2D eigenvalue weighted by Gasteiger charge is -2.29. The molecular formula is C19H19Br2N3O4S. The summed E-state index contributed by atoms with van der Waals surface area (Å²) < 4.78 is 12.3. The molecule has 0 fully saturated rings. The number of nitrogens with one attached hydrogen (secondary N) is 2. The van der Waals surface area contributed by atoms with Crippen LogP contribution in [0.15, 0.2) is 21.1 Å². The molecule has 3 heterocycles. The number of carbonyl (C=O) groups is 2. The number of thiophene rings is 1. The minimum atomic E-state index is -0.431. The van der Waals surface area contributed by atoms with Crippen LogP contribution in [0.2, 0.25) is 0 Å². The summed E-state index contributed by atoms with van der Waals surface area (Å²) in [6.07, 6.45) is -0.116. The number of nitrogens with zero attached hydrogens (tertiary/aromatic N) is 1. The molecule has 2 N–H and O–H groups in total. The van der Waals surface area contributed by atoms with Crippen LogP contribution in [0.25, 0.3) is 0 Å². The van der Waals surface area contributed by atoms with Crippen LogP contribution in [0.5, 0.6) is 5.75 Å². The fourth-order valence-electron chi connectivity index (χ4n) is 3.65. The Hall–Kier alpha value is -1.78. The van der Waals surface area contributed by atoms with Gasteiger partial charge in [0, 0.05) is 21.5 Å². The lowest BCUT2D eigenvalue weighted by molar-refractivity contribution is 0.0933. The molecular weight excluding hydrogens is 526 g/mol. The Morgan fingerprint density at radius 1 is 1.34 bits per heavy atom. The molecule has 1 unspecified atom stereocenters. The third kappa shape index (κ3) is 3.73. The highest BCUT2D eigenvalue weighted by atomic mass is 79.9. The number of carbonyl (C=O) groups excluding carboxylic acids is 2. The van der Waals surface area contributed by atoms with Gasteiger partial charge in [-0.25, -0.2) is 4.79 Å². The van der Waals surface area contributed by atoms with Crippen LogP contribution in [0.3, 0.4) is 0 Å². The van der Waals surface area contributed by atoms with Crippen molar-refractivity contribution in [3.05, 3.63) is 42.6 Å². The molecule has 0 saturated heterocycles. The zero-order valence-electron chi connectivity index (χ0n) is 15.8. The zero-order chi connectivity index (χ0) is 20.7. The summed E-state index contributed by atoms with van der Waals surface area (Å²) in [5.74, 6) is 0.535. The van der Waals surface area contributed by atoms with Crippen molar-refractivity contribution in [2.24, 2.45) is 0 Å². The maximum Gasteiger partial charge on any atom is 0.410 e. The van der Waals surface area contributed by atoms with Crippen molar-refractivity contribution >= 4 is 60.2 Å². The van der Waals surface area contributed by atoms with Crippen molar-refractivity contribution in [1.29, 1.82) is 0 Å². The first-order valence-electron chi connectivity index (χ1n) is 9.09. The topological polar surface area (TPSA) is 79.9 Å². The van der Waals surface area contributed by atoms with Gasteiger partial charge in [-0.3, -0.25) is 4.79 Å². The number of fused-ring (bicyclic) bond motifs is 3. The fourth-order valence-corrected chi connectivity index (χ4v) is 6.36. The van der Waals surface area contributed by atoms with E-state index in [4.69, 9.17) is 9.47 Å². The molecule has 1 atom stereocenters. The molecule has 0 aliphatic carbocycles. The Balaban J connectivity index is 1.65. The number of hydrogen-bond donors (Lipinski definition) is 2. The standard InChI is InChI=1S/C19H19Br2N3O4S/c1-3-28-19(26)24-5-4-10-13(8-24)29-18-14(10)17(25)22-16(23-18)11-6-9(20)7-12(21)15(11)27-2/h6-7,16,23H,3-5,8H2,1-2H3,(H,22,25). The van der Waals surface area contributed by atoms with Crippen LogP contribution in [0.1, 0.15) is 39.5 Å². The first-order chi connectivity index (χ1) is 13.9. The van der Waals surface area contributed by atoms with Crippen molar-refractivity contribution in [3.8, 4) is 5.75 Å². The minimum absolute atomic E-state index is 0.121. The number of ether oxygens (including phenoxy) is 2. The molecule has 7 nitrogen and oxygen atoms in total. The molecule has 2 amide bonds. The van der Waals surface area contributed by atoms with Crippen LogP contribution in [-0.4, -0.2) is 37.2 Å². The van der Waals surface area contributed by atoms with E-state index in [0.29, 0.717) is 37.4 Å². The number of anilines is 1. The number of methoxy groups -OCH3 is 1. The number of halogens is 2. The summed E-state index contributed by atoms with van der Waals surface area (Å²) in [6.45, 7) is 3.13. The largest absolute Gasteiger partial charge is 0.495 e. The maximum absolute atomic E-state index is 13.0. The predicted octanol–water partition coefficient (Wildman–Crippen LogP) is 4.65. The molecule has 10 heteroatoms. The Morgan fingerprint density at radius 3 is 2.86 bits per heavy atom. The smallest absolute Gasteiger partial charge is 0.410 e. The van der Waals surface area contributed by atoms with Gasteiger partial charge in [-0.1, -0.05) is 15.9 Å². The monoisotopic (exact) mass is 543 g/mol. The second kappa shape index (κ2) is 8.16. The SMILES string of the molecule is CCOC(=O)N1CCc2c(sc3c2C(=O)NC(c2cc(Br)cc(Br)c2OC)N3)C1. The Kier molecular flexibility index (Phi) is 5.76. The van der Waals surface area contributed by atoms with Gasteiger partial charge in [0.2, 0.25) is 0 Å². The van der Waals surface area contributed by atoms with Crippen molar-refractivity contribution in [1.82, 2.24) is 10.2 Å². The van der Waals surface area contributed by atoms with Gasteiger partial charge >= 0.3 is 6.09 Å². The highest BCUT2D eigenvalue weighted by Gasteiger charge is 2.35. The normalized spacial score (nSPS) is 17.7. The van der Waals surface area contributed by atoms with Crippen molar-refractivity contribution in [3.63, 3.8) is 0 Å². The molecule has 1 aromatic heterocycles. The molecule has 154 valence electrons. The number of hydrogen-bond acceptors (Lipinski definition) is 6. The molecule has 0 bridgehead atoms. The zero-order valence-corrected chi connectivity index (χ0v) is 19.8. The average molecular weight is 545 g/mol. The van der Waals surface area contributed by atoms with Crippen LogP contribution in [0, 0.1) is 0 Å². The van der Waals surface area contributed by atoms with Gasteiger partial charge < -0.3 is 25.0 Å². The summed E-state index contributed by atoms with van der Waals surface area (Å²) in [6, 6.07) is 3.81. The van der Waals surface area contributed by atoms with E-state index in [2.05, 4.69) is 42.5 Å². The van der Waals surface area contributed by atoms with Crippen LogP contribution >= 0.6 is 43.2 Å².